The van der Waals surface area contributed by atoms with Crippen LogP contribution in [0.1, 0.15) is 34.9 Å². The summed E-state index contributed by atoms with van der Waals surface area (Å²) in [6.45, 7) is -0.219. The molecule has 0 bridgehead atoms. The quantitative estimate of drug-likeness (QED) is 0.858. The molecule has 1 atom stereocenters. The minimum absolute atomic E-state index is 0.0171. The van der Waals surface area contributed by atoms with Crippen LogP contribution < -0.4 is 5.32 Å². The highest BCUT2D eigenvalue weighted by Gasteiger charge is 2.21. The molecule has 1 heterocycles. The smallest absolute Gasteiger partial charge is 0.311 e. The van der Waals surface area contributed by atoms with Crippen LogP contribution >= 0.6 is 11.3 Å². The SMILES string of the molecule is O=C(COC(=O)Cc1cccs1)NC1CCCc2ccccc21. The standard InChI is InChI=1S/C18H19NO3S/c20-17(12-22-18(21)11-14-7-4-10-23-14)19-16-9-3-6-13-5-1-2-8-15(13)16/h1-2,4-5,7-8,10,16H,3,6,9,11-12H2,(H,19,20). The fourth-order valence-corrected chi connectivity index (χ4v) is 3.58. The fraction of sp³-hybridized carbons (Fsp3) is 0.333. The van der Waals surface area contributed by atoms with Gasteiger partial charge in [0.05, 0.1) is 12.5 Å². The van der Waals surface area contributed by atoms with E-state index in [9.17, 15) is 9.59 Å². The molecule has 2 aromatic rings. The van der Waals surface area contributed by atoms with Crippen molar-refractivity contribution in [1.82, 2.24) is 5.32 Å². The van der Waals surface area contributed by atoms with Gasteiger partial charge in [-0.2, -0.15) is 0 Å². The third-order valence-electron chi connectivity index (χ3n) is 3.97. The van der Waals surface area contributed by atoms with E-state index >= 15 is 0 Å². The molecule has 120 valence electrons. The molecule has 0 spiro atoms. The van der Waals surface area contributed by atoms with E-state index in [0.29, 0.717) is 0 Å². The molecular formula is C18H19NO3S. The number of fused-ring (bicyclic) bond motifs is 1. The van der Waals surface area contributed by atoms with Crippen LogP contribution in [0.15, 0.2) is 41.8 Å². The van der Waals surface area contributed by atoms with E-state index in [1.54, 1.807) is 0 Å². The van der Waals surface area contributed by atoms with Crippen LogP contribution in [-0.2, 0) is 27.2 Å². The lowest BCUT2D eigenvalue weighted by Gasteiger charge is -2.26. The highest BCUT2D eigenvalue weighted by molar-refractivity contribution is 7.10. The summed E-state index contributed by atoms with van der Waals surface area (Å²) in [5.74, 6) is -0.613. The average molecular weight is 329 g/mol. The van der Waals surface area contributed by atoms with Crippen molar-refractivity contribution in [3.05, 3.63) is 57.8 Å². The van der Waals surface area contributed by atoms with Crippen LogP contribution in [0.5, 0.6) is 0 Å². The molecule has 5 heteroatoms. The van der Waals surface area contributed by atoms with Gasteiger partial charge in [-0.25, -0.2) is 0 Å². The van der Waals surface area contributed by atoms with Gasteiger partial charge in [0.25, 0.3) is 5.91 Å². The van der Waals surface area contributed by atoms with Crippen LogP contribution in [-0.4, -0.2) is 18.5 Å². The number of hydrogen-bond acceptors (Lipinski definition) is 4. The maximum atomic E-state index is 12.0. The Labute approximate surface area is 139 Å². The summed E-state index contributed by atoms with van der Waals surface area (Å²) in [7, 11) is 0. The average Bonchev–Trinajstić information content (AvgIpc) is 3.06. The number of hydrogen-bond donors (Lipinski definition) is 1. The molecule has 4 nitrogen and oxygen atoms in total. The van der Waals surface area contributed by atoms with Crippen molar-refractivity contribution in [2.45, 2.75) is 31.7 Å². The van der Waals surface area contributed by atoms with Crippen molar-refractivity contribution >= 4 is 23.2 Å². The van der Waals surface area contributed by atoms with Crippen molar-refractivity contribution in [3.8, 4) is 0 Å². The third kappa shape index (κ3) is 4.20. The molecule has 1 N–H and O–H groups in total. The van der Waals surface area contributed by atoms with Crippen molar-refractivity contribution in [2.24, 2.45) is 0 Å². The minimum atomic E-state index is -0.369. The maximum Gasteiger partial charge on any atom is 0.311 e. The topological polar surface area (TPSA) is 55.4 Å². The molecule has 3 rings (SSSR count). The lowest BCUT2D eigenvalue weighted by molar-refractivity contribution is -0.148. The summed E-state index contributed by atoms with van der Waals surface area (Å²) in [6, 6.07) is 12.0. The number of esters is 1. The molecule has 0 radical (unpaired) electrons. The van der Waals surface area contributed by atoms with E-state index in [4.69, 9.17) is 4.74 Å². The molecule has 0 saturated carbocycles. The molecule has 1 amide bonds. The molecule has 1 aliphatic rings. The zero-order valence-electron chi connectivity index (χ0n) is 12.8. The van der Waals surface area contributed by atoms with Gasteiger partial charge in [0, 0.05) is 4.88 Å². The van der Waals surface area contributed by atoms with Gasteiger partial charge in [-0.1, -0.05) is 30.3 Å². The van der Waals surface area contributed by atoms with Crippen molar-refractivity contribution < 1.29 is 14.3 Å². The zero-order chi connectivity index (χ0) is 16.1. The van der Waals surface area contributed by atoms with Gasteiger partial charge < -0.3 is 10.1 Å². The van der Waals surface area contributed by atoms with Gasteiger partial charge in [0.15, 0.2) is 6.61 Å². The Kier molecular flexibility index (Phi) is 5.08. The largest absolute Gasteiger partial charge is 0.455 e. The van der Waals surface area contributed by atoms with Gasteiger partial charge >= 0.3 is 5.97 Å². The first-order chi connectivity index (χ1) is 11.2. The summed E-state index contributed by atoms with van der Waals surface area (Å²) in [5, 5.41) is 4.89. The number of rotatable bonds is 5. The summed E-state index contributed by atoms with van der Waals surface area (Å²) in [4.78, 5) is 24.7. The summed E-state index contributed by atoms with van der Waals surface area (Å²) >= 11 is 1.50. The third-order valence-corrected chi connectivity index (χ3v) is 4.84. The highest BCUT2D eigenvalue weighted by Crippen LogP contribution is 2.29. The van der Waals surface area contributed by atoms with Crippen LogP contribution in [0.3, 0.4) is 0 Å². The second-order valence-electron chi connectivity index (χ2n) is 5.63. The molecule has 0 saturated heterocycles. The van der Waals surface area contributed by atoms with E-state index in [-0.39, 0.29) is 30.9 Å². The molecule has 1 aliphatic carbocycles. The monoisotopic (exact) mass is 329 g/mol. The molecular weight excluding hydrogens is 310 g/mol. The van der Waals surface area contributed by atoms with Gasteiger partial charge in [0.1, 0.15) is 0 Å². The normalized spacial score (nSPS) is 16.4. The molecule has 0 fully saturated rings. The van der Waals surface area contributed by atoms with Gasteiger partial charge in [-0.3, -0.25) is 9.59 Å². The Morgan fingerprint density at radius 1 is 1.22 bits per heavy atom. The van der Waals surface area contributed by atoms with Crippen LogP contribution in [0.2, 0.25) is 0 Å². The Morgan fingerprint density at radius 2 is 2.09 bits per heavy atom. The van der Waals surface area contributed by atoms with E-state index in [1.165, 1.54) is 22.5 Å². The molecule has 1 aromatic carbocycles. The second kappa shape index (κ2) is 7.42. The predicted octanol–water partition coefficient (Wildman–Crippen LogP) is 3.03. The van der Waals surface area contributed by atoms with E-state index in [2.05, 4.69) is 17.4 Å². The maximum absolute atomic E-state index is 12.0. The molecule has 23 heavy (non-hydrogen) atoms. The molecule has 0 aliphatic heterocycles. The first-order valence-corrected chi connectivity index (χ1v) is 8.65. The van der Waals surface area contributed by atoms with Crippen LogP contribution in [0.25, 0.3) is 0 Å². The van der Waals surface area contributed by atoms with E-state index in [1.807, 2.05) is 29.6 Å². The Hall–Kier alpha value is -2.14. The second-order valence-corrected chi connectivity index (χ2v) is 6.66. The number of ether oxygens (including phenoxy) is 1. The number of aryl methyl sites for hydroxylation is 1. The summed E-state index contributed by atoms with van der Waals surface area (Å²) < 4.78 is 5.06. The van der Waals surface area contributed by atoms with Crippen molar-refractivity contribution in [2.75, 3.05) is 6.61 Å². The van der Waals surface area contributed by atoms with Gasteiger partial charge in [0.2, 0.25) is 0 Å². The number of nitrogens with one attached hydrogen (secondary N) is 1. The zero-order valence-corrected chi connectivity index (χ0v) is 13.6. The first kappa shape index (κ1) is 15.7. The fourth-order valence-electron chi connectivity index (χ4n) is 2.89. The lowest BCUT2D eigenvalue weighted by Crippen LogP contribution is -2.34. The number of carbonyl (C=O) groups excluding carboxylic acids is 2. The minimum Gasteiger partial charge on any atom is -0.455 e. The van der Waals surface area contributed by atoms with Crippen LogP contribution in [0, 0.1) is 0 Å². The summed E-state index contributed by atoms with van der Waals surface area (Å²) in [6.07, 6.45) is 3.25. The predicted molar refractivity (Wildman–Crippen MR) is 89.2 cm³/mol. The summed E-state index contributed by atoms with van der Waals surface area (Å²) in [5.41, 5.74) is 2.47. The highest BCUT2D eigenvalue weighted by atomic mass is 32.1. The Morgan fingerprint density at radius 3 is 2.91 bits per heavy atom. The Balaban J connectivity index is 1.49. The molecule has 1 unspecified atom stereocenters. The molecule has 1 aromatic heterocycles. The van der Waals surface area contributed by atoms with Gasteiger partial charge in [-0.15, -0.1) is 11.3 Å². The Bertz CT molecular complexity index is 681. The van der Waals surface area contributed by atoms with Crippen molar-refractivity contribution in [1.29, 1.82) is 0 Å². The van der Waals surface area contributed by atoms with E-state index in [0.717, 1.165) is 24.1 Å². The number of benzene rings is 1. The number of carbonyl (C=O) groups is 2. The first-order valence-electron chi connectivity index (χ1n) is 7.77. The number of thiophene rings is 1. The van der Waals surface area contributed by atoms with Gasteiger partial charge in [-0.05, 0) is 41.8 Å². The number of amides is 1. The lowest BCUT2D eigenvalue weighted by atomic mass is 9.88. The van der Waals surface area contributed by atoms with E-state index < -0.39 is 0 Å². The van der Waals surface area contributed by atoms with Crippen molar-refractivity contribution in [3.63, 3.8) is 0 Å². The van der Waals surface area contributed by atoms with Crippen LogP contribution in [0.4, 0.5) is 0 Å².